The Balaban J connectivity index is 0.00000156. The first kappa shape index (κ1) is 18.3. The molecule has 3 fully saturated rings. The number of hydrogen-bond acceptors (Lipinski definition) is 3. The Kier molecular flexibility index (Phi) is 4.79. The zero-order chi connectivity index (χ0) is 15.7. The monoisotopic (exact) mass is 529 g/mol. The van der Waals surface area contributed by atoms with Gasteiger partial charge in [0.05, 0.1) is 6.10 Å². The molecule has 0 bridgehead atoms. The summed E-state index contributed by atoms with van der Waals surface area (Å²) in [5, 5.41) is 10.4. The van der Waals surface area contributed by atoms with Crippen LogP contribution in [-0.2, 0) is 9.59 Å². The van der Waals surface area contributed by atoms with Crippen molar-refractivity contribution in [3.05, 3.63) is 11.6 Å². The predicted molar refractivity (Wildman–Crippen MR) is 83.1 cm³/mol. The fourth-order valence-corrected chi connectivity index (χ4v) is 6.36. The molecular weight excluding hydrogens is 503 g/mol. The minimum atomic E-state index is -0.203. The van der Waals surface area contributed by atoms with Gasteiger partial charge >= 0.3 is 0 Å². The summed E-state index contributed by atoms with van der Waals surface area (Å²) in [6.07, 6.45) is 7.54. The second kappa shape index (κ2) is 6.03. The van der Waals surface area contributed by atoms with Gasteiger partial charge in [-0.05, 0) is 66.8 Å². The minimum absolute atomic E-state index is 0. The summed E-state index contributed by atoms with van der Waals surface area (Å²) >= 11 is 0. The Labute approximate surface area is 174 Å². The smallest absolute Gasteiger partial charge is 0.159 e. The Hall–Kier alpha value is 0.482. The van der Waals surface area contributed by atoms with Crippen molar-refractivity contribution in [3.63, 3.8) is 0 Å². The number of hydrogen-bond donors (Lipinski definition) is 1. The van der Waals surface area contributed by atoms with Gasteiger partial charge in [-0.3, -0.25) is 9.59 Å². The summed E-state index contributed by atoms with van der Waals surface area (Å²) in [6, 6.07) is 0. The van der Waals surface area contributed by atoms with Crippen LogP contribution in [0.2, 0.25) is 0 Å². The topological polar surface area (TPSA) is 54.4 Å². The molecule has 1 radical (unpaired) electrons. The van der Waals surface area contributed by atoms with Crippen LogP contribution in [0.1, 0.15) is 58.8 Å². The molecule has 1 N–H and O–H groups in total. The SMILES string of the molecule is C[C@]12CCC3C(CC(=O)C4=CC(=O)CC[C@@]43C)C1CCC2O.[Ac]. The summed E-state index contributed by atoms with van der Waals surface area (Å²) in [5.41, 5.74) is 0.707. The van der Waals surface area contributed by atoms with Crippen LogP contribution < -0.4 is 0 Å². The number of aliphatic hydroxyl groups is 1. The molecule has 3 saturated carbocycles. The van der Waals surface area contributed by atoms with Gasteiger partial charge < -0.3 is 5.11 Å². The van der Waals surface area contributed by atoms with Gasteiger partial charge in [0.25, 0.3) is 0 Å². The molecule has 0 heterocycles. The normalized spacial score (nSPS) is 48.7. The fraction of sp³-hybridized carbons (Fsp3) is 0.789. The van der Waals surface area contributed by atoms with Crippen LogP contribution in [-0.4, -0.2) is 22.8 Å². The third kappa shape index (κ3) is 2.49. The van der Waals surface area contributed by atoms with Gasteiger partial charge in [-0.2, -0.15) is 0 Å². The Morgan fingerprint density at radius 2 is 1.83 bits per heavy atom. The summed E-state index contributed by atoms with van der Waals surface area (Å²) < 4.78 is 0. The molecule has 4 aliphatic rings. The van der Waals surface area contributed by atoms with Crippen LogP contribution in [0.4, 0.5) is 0 Å². The van der Waals surface area contributed by atoms with Crippen LogP contribution in [0.25, 0.3) is 0 Å². The van der Waals surface area contributed by atoms with Gasteiger partial charge in [0.15, 0.2) is 11.6 Å². The van der Waals surface area contributed by atoms with Crippen LogP contribution in [0.5, 0.6) is 0 Å². The van der Waals surface area contributed by atoms with E-state index in [1.165, 1.54) is 0 Å². The number of Topliss-reactive ketones (excluding diaryl/α,β-unsaturated/α-hetero) is 1. The minimum Gasteiger partial charge on any atom is -0.393 e. The molecule has 23 heavy (non-hydrogen) atoms. The Morgan fingerprint density at radius 1 is 1.09 bits per heavy atom. The second-order valence-corrected chi connectivity index (χ2v) is 8.58. The molecule has 0 spiro atoms. The molecule has 0 aliphatic heterocycles. The van der Waals surface area contributed by atoms with Crippen LogP contribution in [0.15, 0.2) is 11.6 Å². The fourth-order valence-electron chi connectivity index (χ4n) is 6.36. The number of ketones is 2. The molecule has 0 saturated heterocycles. The van der Waals surface area contributed by atoms with Gasteiger partial charge in [-0.15, -0.1) is 0 Å². The second-order valence-electron chi connectivity index (χ2n) is 8.58. The predicted octanol–water partition coefficient (Wildman–Crippen LogP) is 3.06. The van der Waals surface area contributed by atoms with Crippen molar-refractivity contribution in [2.45, 2.75) is 64.9 Å². The van der Waals surface area contributed by atoms with E-state index in [0.717, 1.165) is 37.7 Å². The maximum Gasteiger partial charge on any atom is 0.159 e. The first-order valence-corrected chi connectivity index (χ1v) is 8.82. The van der Waals surface area contributed by atoms with E-state index in [1.807, 2.05) is 0 Å². The van der Waals surface area contributed by atoms with E-state index in [-0.39, 0.29) is 72.6 Å². The molecule has 123 valence electrons. The van der Waals surface area contributed by atoms with E-state index in [4.69, 9.17) is 0 Å². The van der Waals surface area contributed by atoms with Crippen molar-refractivity contribution in [2.24, 2.45) is 28.6 Å². The Bertz CT molecular complexity index is 583. The van der Waals surface area contributed by atoms with Gasteiger partial charge in [-0.1, -0.05) is 13.8 Å². The Morgan fingerprint density at radius 3 is 2.57 bits per heavy atom. The molecular formula is C19H26AcO3. The van der Waals surface area contributed by atoms with Crippen molar-refractivity contribution in [1.82, 2.24) is 0 Å². The summed E-state index contributed by atoms with van der Waals surface area (Å²) in [5.74, 6) is 1.70. The van der Waals surface area contributed by atoms with E-state index >= 15 is 0 Å². The zero-order valence-electron chi connectivity index (χ0n) is 14.2. The third-order valence-corrected chi connectivity index (χ3v) is 7.74. The van der Waals surface area contributed by atoms with E-state index in [9.17, 15) is 14.7 Å². The van der Waals surface area contributed by atoms with Crippen LogP contribution >= 0.6 is 0 Å². The van der Waals surface area contributed by atoms with Crippen molar-refractivity contribution in [1.29, 1.82) is 0 Å². The standard InChI is InChI=1S/C19H26O3.Ac/c1-18-7-5-11(20)9-15(18)16(21)10-12-13-3-4-17(22)19(13,2)8-6-14(12)18;/h9,12-14,17,22H,3-8,10H2,1-2H3;/t12?,13?,14?,17?,18-,19+;/m1./s1. The average Bonchev–Trinajstić information content (AvgIpc) is 2.77. The quantitative estimate of drug-likeness (QED) is 0.525. The summed E-state index contributed by atoms with van der Waals surface area (Å²) in [6.45, 7) is 4.45. The average molecular weight is 529 g/mol. The van der Waals surface area contributed by atoms with Gasteiger partial charge in [0.2, 0.25) is 0 Å². The number of carbonyl (C=O) groups excluding carboxylic acids is 2. The molecule has 0 amide bonds. The number of carbonyl (C=O) groups is 2. The van der Waals surface area contributed by atoms with Gasteiger partial charge in [0.1, 0.15) is 0 Å². The van der Waals surface area contributed by atoms with Crippen LogP contribution in [0, 0.1) is 72.6 Å². The van der Waals surface area contributed by atoms with E-state index in [2.05, 4.69) is 13.8 Å². The van der Waals surface area contributed by atoms with Crippen LogP contribution in [0.3, 0.4) is 0 Å². The number of rotatable bonds is 0. The number of aliphatic hydroxyl groups excluding tert-OH is 1. The molecule has 6 atom stereocenters. The first-order valence-electron chi connectivity index (χ1n) is 8.82. The number of fused-ring (bicyclic) bond motifs is 5. The van der Waals surface area contributed by atoms with E-state index < -0.39 is 0 Å². The zero-order valence-corrected chi connectivity index (χ0v) is 18.9. The molecule has 4 rings (SSSR count). The molecule has 0 aromatic carbocycles. The van der Waals surface area contributed by atoms with E-state index in [1.54, 1.807) is 6.08 Å². The maximum atomic E-state index is 12.7. The first-order chi connectivity index (χ1) is 10.4. The van der Waals surface area contributed by atoms with Gasteiger partial charge in [0, 0.05) is 62.5 Å². The third-order valence-electron chi connectivity index (χ3n) is 7.74. The molecule has 4 heteroatoms. The van der Waals surface area contributed by atoms with Crippen molar-refractivity contribution in [2.75, 3.05) is 0 Å². The molecule has 4 unspecified atom stereocenters. The summed E-state index contributed by atoms with van der Waals surface area (Å²) in [4.78, 5) is 24.5. The maximum absolute atomic E-state index is 12.7. The van der Waals surface area contributed by atoms with Crippen molar-refractivity contribution < 1.29 is 58.8 Å². The molecule has 0 aromatic heterocycles. The molecule has 4 aliphatic carbocycles. The number of allylic oxidation sites excluding steroid dienone is 1. The van der Waals surface area contributed by atoms with Crippen molar-refractivity contribution in [3.8, 4) is 0 Å². The molecule has 0 aromatic rings. The van der Waals surface area contributed by atoms with Gasteiger partial charge in [-0.25, -0.2) is 0 Å². The van der Waals surface area contributed by atoms with Crippen molar-refractivity contribution >= 4 is 11.6 Å². The van der Waals surface area contributed by atoms with E-state index in [0.29, 0.717) is 30.6 Å². The largest absolute Gasteiger partial charge is 0.393 e. The molecule has 3 nitrogen and oxygen atoms in total. The summed E-state index contributed by atoms with van der Waals surface area (Å²) in [7, 11) is 0.